The number of hydrogen-bond acceptors (Lipinski definition) is 2. The number of amides is 1. The Balaban J connectivity index is 1.31. The van der Waals surface area contributed by atoms with Gasteiger partial charge in [0.25, 0.3) is 0 Å². The second-order valence-corrected chi connectivity index (χ2v) is 7.25. The fourth-order valence-electron chi connectivity index (χ4n) is 3.67. The second kappa shape index (κ2) is 7.42. The zero-order chi connectivity index (χ0) is 17.9. The maximum absolute atomic E-state index is 12.5. The van der Waals surface area contributed by atoms with Crippen LogP contribution < -0.4 is 10.2 Å². The molecule has 1 saturated heterocycles. The van der Waals surface area contributed by atoms with E-state index < -0.39 is 0 Å². The molecule has 2 heterocycles. The Morgan fingerprint density at radius 3 is 2.92 bits per heavy atom. The van der Waals surface area contributed by atoms with Gasteiger partial charge in [-0.1, -0.05) is 29.8 Å². The minimum Gasteiger partial charge on any atom is -0.371 e. The minimum atomic E-state index is 0.0626. The van der Waals surface area contributed by atoms with E-state index in [9.17, 15) is 4.79 Å². The molecule has 26 heavy (non-hydrogen) atoms. The van der Waals surface area contributed by atoms with Gasteiger partial charge in [-0.05, 0) is 48.7 Å². The number of aromatic nitrogens is 1. The van der Waals surface area contributed by atoms with Crippen molar-refractivity contribution in [2.45, 2.75) is 12.8 Å². The molecule has 0 aliphatic carbocycles. The van der Waals surface area contributed by atoms with Gasteiger partial charge in [-0.15, -0.1) is 0 Å². The van der Waals surface area contributed by atoms with Gasteiger partial charge in [0.1, 0.15) is 0 Å². The summed E-state index contributed by atoms with van der Waals surface area (Å²) in [5.41, 5.74) is 3.45. The lowest BCUT2D eigenvalue weighted by Gasteiger charge is -2.18. The summed E-state index contributed by atoms with van der Waals surface area (Å²) in [7, 11) is 0. The van der Waals surface area contributed by atoms with E-state index in [1.54, 1.807) is 0 Å². The maximum Gasteiger partial charge on any atom is 0.224 e. The Morgan fingerprint density at radius 1 is 1.23 bits per heavy atom. The number of carbonyl (C=O) groups excluding carboxylic acids is 1. The van der Waals surface area contributed by atoms with Crippen LogP contribution in [0.5, 0.6) is 0 Å². The number of halogens is 1. The van der Waals surface area contributed by atoms with Crippen LogP contribution in [0.2, 0.25) is 5.02 Å². The third-order valence-corrected chi connectivity index (χ3v) is 5.34. The van der Waals surface area contributed by atoms with Crippen molar-refractivity contribution in [2.75, 3.05) is 24.5 Å². The van der Waals surface area contributed by atoms with E-state index >= 15 is 0 Å². The molecular weight excluding hydrogens is 346 g/mol. The molecule has 0 saturated carbocycles. The predicted molar refractivity (Wildman–Crippen MR) is 107 cm³/mol. The molecule has 1 atom stereocenters. The molecule has 3 aromatic rings. The van der Waals surface area contributed by atoms with E-state index in [0.29, 0.717) is 6.54 Å². The first-order chi connectivity index (χ1) is 12.7. The van der Waals surface area contributed by atoms with Gasteiger partial charge >= 0.3 is 0 Å². The van der Waals surface area contributed by atoms with E-state index in [2.05, 4.69) is 27.3 Å². The zero-order valence-electron chi connectivity index (χ0n) is 14.5. The standard InChI is InChI=1S/C21H22ClN3O/c22-17-6-7-20-19(12-17)15(13-24-20)8-10-23-21(26)16-9-11-25(14-16)18-4-2-1-3-5-18/h1-7,12-13,16,24H,8-11,14H2,(H,23,26). The van der Waals surface area contributed by atoms with E-state index in [4.69, 9.17) is 11.6 Å². The quantitative estimate of drug-likeness (QED) is 0.715. The minimum absolute atomic E-state index is 0.0626. The number of nitrogens with one attached hydrogen (secondary N) is 2. The van der Waals surface area contributed by atoms with Gasteiger partial charge in [-0.2, -0.15) is 0 Å². The maximum atomic E-state index is 12.5. The summed E-state index contributed by atoms with van der Waals surface area (Å²) < 4.78 is 0. The Morgan fingerprint density at radius 2 is 2.08 bits per heavy atom. The summed E-state index contributed by atoms with van der Waals surface area (Å²) in [6.07, 6.45) is 3.70. The molecule has 4 nitrogen and oxygen atoms in total. The zero-order valence-corrected chi connectivity index (χ0v) is 15.3. The van der Waals surface area contributed by atoms with Crippen LogP contribution in [0.4, 0.5) is 5.69 Å². The fourth-order valence-corrected chi connectivity index (χ4v) is 3.84. The van der Waals surface area contributed by atoms with E-state index in [-0.39, 0.29) is 11.8 Å². The number of aromatic amines is 1. The third-order valence-electron chi connectivity index (χ3n) is 5.10. The van der Waals surface area contributed by atoms with Crippen molar-refractivity contribution >= 4 is 34.1 Å². The fraction of sp³-hybridized carbons (Fsp3) is 0.286. The van der Waals surface area contributed by atoms with Crippen LogP contribution >= 0.6 is 11.6 Å². The van der Waals surface area contributed by atoms with E-state index in [1.807, 2.05) is 42.6 Å². The molecule has 1 aliphatic rings. The van der Waals surface area contributed by atoms with E-state index in [1.165, 1.54) is 11.3 Å². The van der Waals surface area contributed by atoms with Gasteiger partial charge in [0.2, 0.25) is 5.91 Å². The molecule has 134 valence electrons. The Kier molecular flexibility index (Phi) is 4.85. The molecule has 0 spiro atoms. The van der Waals surface area contributed by atoms with Crippen molar-refractivity contribution < 1.29 is 4.79 Å². The summed E-state index contributed by atoms with van der Waals surface area (Å²) in [6, 6.07) is 16.1. The highest BCUT2D eigenvalue weighted by molar-refractivity contribution is 6.31. The van der Waals surface area contributed by atoms with Crippen LogP contribution in [0.15, 0.2) is 54.7 Å². The highest BCUT2D eigenvalue weighted by atomic mass is 35.5. The predicted octanol–water partition coefficient (Wildman–Crippen LogP) is 4.01. The van der Waals surface area contributed by atoms with Crippen molar-refractivity contribution in [3.8, 4) is 0 Å². The SMILES string of the molecule is O=C(NCCc1c[nH]c2ccc(Cl)cc12)C1CCN(c2ccccc2)C1. The van der Waals surface area contributed by atoms with Gasteiger partial charge < -0.3 is 15.2 Å². The lowest BCUT2D eigenvalue weighted by Crippen LogP contribution is -2.34. The first-order valence-corrected chi connectivity index (χ1v) is 9.42. The van der Waals surface area contributed by atoms with E-state index in [0.717, 1.165) is 41.9 Å². The van der Waals surface area contributed by atoms with Gasteiger partial charge in [0.15, 0.2) is 0 Å². The number of hydrogen-bond donors (Lipinski definition) is 2. The summed E-state index contributed by atoms with van der Waals surface area (Å²) >= 11 is 6.09. The van der Waals surface area contributed by atoms with Crippen LogP contribution in [0, 0.1) is 5.92 Å². The highest BCUT2D eigenvalue weighted by Gasteiger charge is 2.28. The van der Waals surface area contributed by atoms with Crippen LogP contribution in [0.25, 0.3) is 10.9 Å². The van der Waals surface area contributed by atoms with Gasteiger partial charge in [0.05, 0.1) is 5.92 Å². The highest BCUT2D eigenvalue weighted by Crippen LogP contribution is 2.24. The number of H-pyrrole nitrogens is 1. The number of anilines is 1. The van der Waals surface area contributed by atoms with Crippen LogP contribution in [0.3, 0.4) is 0 Å². The normalized spacial score (nSPS) is 17.0. The topological polar surface area (TPSA) is 48.1 Å². The molecule has 1 amide bonds. The monoisotopic (exact) mass is 367 g/mol. The molecule has 2 aromatic carbocycles. The van der Waals surface area contributed by atoms with Crippen molar-refractivity contribution in [2.24, 2.45) is 5.92 Å². The average molecular weight is 368 g/mol. The largest absolute Gasteiger partial charge is 0.371 e. The molecule has 4 rings (SSSR count). The van der Waals surface area contributed by atoms with Crippen molar-refractivity contribution in [1.29, 1.82) is 0 Å². The summed E-state index contributed by atoms with van der Waals surface area (Å²) in [5.74, 6) is 0.217. The van der Waals surface area contributed by atoms with Crippen molar-refractivity contribution in [3.63, 3.8) is 0 Å². The molecule has 1 fully saturated rings. The lowest BCUT2D eigenvalue weighted by atomic mass is 10.1. The van der Waals surface area contributed by atoms with Crippen LogP contribution in [-0.2, 0) is 11.2 Å². The Bertz CT molecular complexity index is 906. The third kappa shape index (κ3) is 3.56. The number of nitrogens with zero attached hydrogens (tertiary/aromatic N) is 1. The first-order valence-electron chi connectivity index (χ1n) is 9.04. The summed E-state index contributed by atoms with van der Waals surface area (Å²) in [4.78, 5) is 18.0. The number of benzene rings is 2. The number of rotatable bonds is 5. The number of carbonyl (C=O) groups is 1. The second-order valence-electron chi connectivity index (χ2n) is 6.81. The van der Waals surface area contributed by atoms with Crippen LogP contribution in [-0.4, -0.2) is 30.5 Å². The average Bonchev–Trinajstić information content (AvgIpc) is 3.30. The Labute approximate surface area is 158 Å². The van der Waals surface area contributed by atoms with Gasteiger partial charge in [0, 0.05) is 47.4 Å². The van der Waals surface area contributed by atoms with Gasteiger partial charge in [-0.25, -0.2) is 0 Å². The number of fused-ring (bicyclic) bond motifs is 1. The summed E-state index contributed by atoms with van der Waals surface area (Å²) in [6.45, 7) is 2.36. The summed E-state index contributed by atoms with van der Waals surface area (Å²) in [5, 5.41) is 4.96. The first kappa shape index (κ1) is 17.0. The molecule has 2 N–H and O–H groups in total. The molecular formula is C21H22ClN3O. The van der Waals surface area contributed by atoms with Crippen LogP contribution in [0.1, 0.15) is 12.0 Å². The van der Waals surface area contributed by atoms with Crippen molar-refractivity contribution in [3.05, 3.63) is 65.3 Å². The number of para-hydroxylation sites is 1. The van der Waals surface area contributed by atoms with Gasteiger partial charge in [-0.3, -0.25) is 4.79 Å². The molecule has 0 radical (unpaired) electrons. The Hall–Kier alpha value is -2.46. The molecule has 1 aromatic heterocycles. The lowest BCUT2D eigenvalue weighted by molar-refractivity contribution is -0.124. The molecule has 5 heteroatoms. The molecule has 1 unspecified atom stereocenters. The molecule has 1 aliphatic heterocycles. The molecule has 0 bridgehead atoms. The smallest absolute Gasteiger partial charge is 0.224 e. The van der Waals surface area contributed by atoms with Crippen molar-refractivity contribution in [1.82, 2.24) is 10.3 Å².